The summed E-state index contributed by atoms with van der Waals surface area (Å²) < 4.78 is 10.3. The topological polar surface area (TPSA) is 67.1 Å². The molecule has 0 aliphatic heterocycles. The molecule has 132 valence electrons. The van der Waals surface area contributed by atoms with E-state index in [9.17, 15) is 4.79 Å². The molecule has 0 bridgehead atoms. The highest BCUT2D eigenvalue weighted by Crippen LogP contribution is 2.16. The quantitative estimate of drug-likeness (QED) is 0.307. The minimum absolute atomic E-state index is 0. The highest BCUT2D eigenvalue weighted by Gasteiger charge is 2.15. The van der Waals surface area contributed by atoms with Gasteiger partial charge in [-0.2, -0.15) is 0 Å². The number of methoxy groups -OCH3 is 1. The van der Waals surface area contributed by atoms with Gasteiger partial charge in [-0.15, -0.1) is 24.0 Å². The number of esters is 1. The molecule has 0 aliphatic rings. The SMILES string of the molecule is CCCCN(C)C(=NCc1cc(C(=O)OC)c(C)o1)NCC.I. The zero-order valence-corrected chi connectivity index (χ0v) is 17.0. The number of nitrogens with zero attached hydrogens (tertiary/aromatic N) is 2. The fourth-order valence-electron chi connectivity index (χ4n) is 2.06. The van der Waals surface area contributed by atoms with Gasteiger partial charge in [0.1, 0.15) is 23.6 Å². The van der Waals surface area contributed by atoms with Gasteiger partial charge in [0.2, 0.25) is 0 Å². The van der Waals surface area contributed by atoms with Crippen molar-refractivity contribution in [2.45, 2.75) is 40.2 Å². The third kappa shape index (κ3) is 6.80. The predicted molar refractivity (Wildman–Crippen MR) is 103 cm³/mol. The molecule has 0 spiro atoms. The molecular formula is C16H28IN3O3. The normalized spacial score (nSPS) is 10.9. The van der Waals surface area contributed by atoms with Gasteiger partial charge in [-0.3, -0.25) is 0 Å². The lowest BCUT2D eigenvalue weighted by Crippen LogP contribution is -2.39. The van der Waals surface area contributed by atoms with Crippen LogP contribution in [0.25, 0.3) is 0 Å². The Labute approximate surface area is 155 Å². The number of rotatable bonds is 7. The Hall–Kier alpha value is -1.25. The molecule has 0 radical (unpaired) electrons. The average molecular weight is 437 g/mol. The van der Waals surface area contributed by atoms with Crippen LogP contribution in [-0.4, -0.2) is 44.1 Å². The molecule has 0 fully saturated rings. The van der Waals surface area contributed by atoms with Gasteiger partial charge in [-0.05, 0) is 26.3 Å². The predicted octanol–water partition coefficient (Wildman–Crippen LogP) is 3.19. The molecular weight excluding hydrogens is 409 g/mol. The van der Waals surface area contributed by atoms with E-state index in [-0.39, 0.29) is 29.9 Å². The molecule has 0 saturated heterocycles. The minimum atomic E-state index is -0.386. The first-order valence-electron chi connectivity index (χ1n) is 7.70. The van der Waals surface area contributed by atoms with E-state index in [0.29, 0.717) is 23.6 Å². The molecule has 1 N–H and O–H groups in total. The number of carbonyl (C=O) groups excluding carboxylic acids is 1. The van der Waals surface area contributed by atoms with Gasteiger partial charge in [0.15, 0.2) is 5.96 Å². The molecule has 0 atom stereocenters. The summed E-state index contributed by atoms with van der Waals surface area (Å²) in [5.74, 6) is 1.66. The van der Waals surface area contributed by atoms with Crippen LogP contribution < -0.4 is 5.32 Å². The average Bonchev–Trinajstić information content (AvgIpc) is 2.89. The van der Waals surface area contributed by atoms with E-state index in [0.717, 1.165) is 31.9 Å². The molecule has 1 aromatic rings. The first-order chi connectivity index (χ1) is 10.5. The van der Waals surface area contributed by atoms with Gasteiger partial charge in [-0.25, -0.2) is 9.79 Å². The summed E-state index contributed by atoms with van der Waals surface area (Å²) in [5.41, 5.74) is 0.456. The fraction of sp³-hybridized carbons (Fsp3) is 0.625. The lowest BCUT2D eigenvalue weighted by molar-refractivity contribution is 0.0599. The number of furan rings is 1. The molecule has 23 heavy (non-hydrogen) atoms. The molecule has 0 aliphatic carbocycles. The summed E-state index contributed by atoms with van der Waals surface area (Å²) in [5, 5.41) is 3.26. The maximum absolute atomic E-state index is 11.6. The highest BCUT2D eigenvalue weighted by molar-refractivity contribution is 14.0. The van der Waals surface area contributed by atoms with Crippen molar-refractivity contribution in [1.29, 1.82) is 0 Å². The Balaban J connectivity index is 0.00000484. The van der Waals surface area contributed by atoms with E-state index in [1.54, 1.807) is 13.0 Å². The van der Waals surface area contributed by atoms with E-state index in [4.69, 9.17) is 9.15 Å². The number of hydrogen-bond donors (Lipinski definition) is 1. The molecule has 0 unspecified atom stereocenters. The fourth-order valence-corrected chi connectivity index (χ4v) is 2.06. The van der Waals surface area contributed by atoms with Crippen LogP contribution in [0.2, 0.25) is 0 Å². The van der Waals surface area contributed by atoms with Gasteiger partial charge >= 0.3 is 5.97 Å². The van der Waals surface area contributed by atoms with Gasteiger partial charge in [0.05, 0.1) is 7.11 Å². The summed E-state index contributed by atoms with van der Waals surface area (Å²) in [6.45, 7) is 8.09. The third-order valence-electron chi connectivity index (χ3n) is 3.30. The molecule has 6 nitrogen and oxygen atoms in total. The summed E-state index contributed by atoms with van der Waals surface area (Å²) in [6.07, 6.45) is 2.26. The summed E-state index contributed by atoms with van der Waals surface area (Å²) >= 11 is 0. The Morgan fingerprint density at radius 2 is 2.13 bits per heavy atom. The van der Waals surface area contributed by atoms with Gasteiger partial charge in [0, 0.05) is 20.1 Å². The van der Waals surface area contributed by atoms with Crippen LogP contribution in [0.1, 0.15) is 48.6 Å². The Morgan fingerprint density at radius 3 is 2.70 bits per heavy atom. The molecule has 0 aromatic carbocycles. The van der Waals surface area contributed by atoms with Gasteiger partial charge in [-0.1, -0.05) is 13.3 Å². The zero-order chi connectivity index (χ0) is 16.5. The monoisotopic (exact) mass is 437 g/mol. The van der Waals surface area contributed by atoms with Gasteiger partial charge in [0.25, 0.3) is 0 Å². The number of ether oxygens (including phenoxy) is 1. The Kier molecular flexibility index (Phi) is 10.7. The van der Waals surface area contributed by atoms with Crippen molar-refractivity contribution in [2.75, 3.05) is 27.2 Å². The van der Waals surface area contributed by atoms with E-state index in [1.165, 1.54) is 7.11 Å². The maximum atomic E-state index is 11.6. The molecule has 0 saturated carbocycles. The van der Waals surface area contributed by atoms with E-state index in [2.05, 4.69) is 22.1 Å². The molecule has 7 heteroatoms. The van der Waals surface area contributed by atoms with Crippen LogP contribution in [0, 0.1) is 6.92 Å². The number of carbonyl (C=O) groups is 1. The number of aryl methyl sites for hydroxylation is 1. The number of unbranched alkanes of at least 4 members (excludes halogenated alkanes) is 1. The van der Waals surface area contributed by atoms with Crippen molar-refractivity contribution in [3.63, 3.8) is 0 Å². The van der Waals surface area contributed by atoms with Crippen molar-refractivity contribution >= 4 is 35.9 Å². The molecule has 1 heterocycles. The second-order valence-electron chi connectivity index (χ2n) is 5.12. The molecule has 0 amide bonds. The molecule has 1 rings (SSSR count). The largest absolute Gasteiger partial charge is 0.465 e. The smallest absolute Gasteiger partial charge is 0.341 e. The van der Waals surface area contributed by atoms with Crippen LogP contribution in [0.3, 0.4) is 0 Å². The van der Waals surface area contributed by atoms with Crippen LogP contribution in [0.15, 0.2) is 15.5 Å². The Bertz CT molecular complexity index is 515. The lowest BCUT2D eigenvalue weighted by Gasteiger charge is -2.21. The number of nitrogens with one attached hydrogen (secondary N) is 1. The van der Waals surface area contributed by atoms with Crippen LogP contribution in [0.4, 0.5) is 0 Å². The summed E-state index contributed by atoms with van der Waals surface area (Å²) in [6, 6.07) is 1.69. The lowest BCUT2D eigenvalue weighted by atomic mass is 10.2. The van der Waals surface area contributed by atoms with E-state index >= 15 is 0 Å². The maximum Gasteiger partial charge on any atom is 0.341 e. The van der Waals surface area contributed by atoms with Crippen molar-refractivity contribution in [2.24, 2.45) is 4.99 Å². The first kappa shape index (κ1) is 21.8. The van der Waals surface area contributed by atoms with E-state index in [1.807, 2.05) is 14.0 Å². The molecule has 1 aromatic heterocycles. The van der Waals surface area contributed by atoms with Crippen molar-refractivity contribution < 1.29 is 13.9 Å². The standard InChI is InChI=1S/C16H27N3O3.HI/c1-6-8-9-19(4)16(17-7-2)18-11-13-10-14(12(3)22-13)15(20)21-5;/h10H,6-9,11H2,1-5H3,(H,17,18);1H. The van der Waals surface area contributed by atoms with Crippen molar-refractivity contribution in [3.8, 4) is 0 Å². The summed E-state index contributed by atoms with van der Waals surface area (Å²) in [7, 11) is 3.38. The van der Waals surface area contributed by atoms with Gasteiger partial charge < -0.3 is 19.4 Å². The number of hydrogen-bond acceptors (Lipinski definition) is 4. The van der Waals surface area contributed by atoms with Crippen molar-refractivity contribution in [1.82, 2.24) is 10.2 Å². The number of halogens is 1. The summed E-state index contributed by atoms with van der Waals surface area (Å²) in [4.78, 5) is 18.2. The highest BCUT2D eigenvalue weighted by atomic mass is 127. The minimum Gasteiger partial charge on any atom is -0.465 e. The van der Waals surface area contributed by atoms with E-state index < -0.39 is 0 Å². The number of aliphatic imine (C=N–C) groups is 1. The zero-order valence-electron chi connectivity index (χ0n) is 14.6. The third-order valence-corrected chi connectivity index (χ3v) is 3.30. The Morgan fingerprint density at radius 1 is 1.43 bits per heavy atom. The first-order valence-corrected chi connectivity index (χ1v) is 7.70. The van der Waals surface area contributed by atoms with Crippen molar-refractivity contribution in [3.05, 3.63) is 23.2 Å². The second-order valence-corrected chi connectivity index (χ2v) is 5.12. The number of guanidine groups is 1. The van der Waals surface area contributed by atoms with Crippen LogP contribution in [0.5, 0.6) is 0 Å². The van der Waals surface area contributed by atoms with Crippen LogP contribution >= 0.6 is 24.0 Å². The second kappa shape index (κ2) is 11.3. The van der Waals surface area contributed by atoms with Crippen LogP contribution in [-0.2, 0) is 11.3 Å².